The summed E-state index contributed by atoms with van der Waals surface area (Å²) in [6, 6.07) is 2.06. The number of sulfonamides is 1. The Morgan fingerprint density at radius 2 is 1.73 bits per heavy atom. The van der Waals surface area contributed by atoms with Crippen LogP contribution in [0.4, 0.5) is 22.4 Å². The third-order valence-corrected chi connectivity index (χ3v) is 14.9. The minimum atomic E-state index is -4.20. The van der Waals surface area contributed by atoms with Gasteiger partial charge in [0.1, 0.15) is 29.0 Å². The monoisotopic (exact) mass is 870 g/mol. The van der Waals surface area contributed by atoms with Gasteiger partial charge in [0, 0.05) is 24.9 Å². The van der Waals surface area contributed by atoms with Crippen LogP contribution in [0.3, 0.4) is 0 Å². The fraction of sp³-hybridized carbons (Fsp3) is 0.700. The third-order valence-electron chi connectivity index (χ3n) is 12.7. The molecule has 1 aromatic carbocycles. The Kier molecular flexibility index (Phi) is 11.8. The van der Waals surface area contributed by atoms with Crippen LogP contribution in [0.15, 0.2) is 18.2 Å². The number of ether oxygens (including phenoxy) is 2. The number of nitrogens with one attached hydrogen (secondary N) is 3. The van der Waals surface area contributed by atoms with Crippen molar-refractivity contribution >= 4 is 44.9 Å². The molecule has 2 heterocycles. The number of carbonyl (C=O) groups is 4. The number of carbonyl (C=O) groups excluding carboxylic acids is 4. The van der Waals surface area contributed by atoms with Gasteiger partial charge in [-0.1, -0.05) is 34.1 Å². The molecule has 0 bridgehead atoms. The molecule has 4 aliphatic rings. The van der Waals surface area contributed by atoms with Crippen molar-refractivity contribution in [2.75, 3.05) is 13.7 Å². The second-order valence-electron chi connectivity index (χ2n) is 18.5. The van der Waals surface area contributed by atoms with Crippen LogP contribution in [0.25, 0.3) is 11.0 Å². The highest BCUT2D eigenvalue weighted by Gasteiger charge is 2.67. The van der Waals surface area contributed by atoms with Crippen LogP contribution in [0.5, 0.6) is 11.6 Å². The molecule has 60 heavy (non-hydrogen) atoms. The number of rotatable bonds is 16. The van der Waals surface area contributed by atoms with Crippen LogP contribution in [0, 0.1) is 23.2 Å². The zero-order valence-electron chi connectivity index (χ0n) is 34.7. The van der Waals surface area contributed by atoms with Crippen molar-refractivity contribution in [1.82, 2.24) is 30.2 Å². The van der Waals surface area contributed by atoms with E-state index in [2.05, 4.69) is 20.6 Å². The minimum absolute atomic E-state index is 0.0737. The SMILES string of the molecule is COc1ccc2nc(C(F)(F)CCCC[C@@H]3C[C@@]3(C)OC(=O)N[C@H](C(=O)N3CC[C@@H](C)[C@H]3C(=O)N[C@]3(C(=O)NS(=O)(=O)C4(C)CC4)C[C@H]3C(F)F)C(C)(C)C)c(O)nc2c1. The Balaban J connectivity index is 1.04. The van der Waals surface area contributed by atoms with Crippen molar-refractivity contribution in [3.63, 3.8) is 0 Å². The maximum absolute atomic E-state index is 15.2. The van der Waals surface area contributed by atoms with E-state index in [1.54, 1.807) is 40.7 Å². The maximum atomic E-state index is 15.2. The van der Waals surface area contributed by atoms with Crippen LogP contribution in [-0.2, 0) is 35.1 Å². The Morgan fingerprint density at radius 1 is 1.05 bits per heavy atom. The molecule has 3 saturated carbocycles. The first kappa shape index (κ1) is 45.0. The number of amides is 4. The topological polar surface area (TPSA) is 206 Å². The molecule has 0 spiro atoms. The second kappa shape index (κ2) is 15.8. The molecule has 7 atom stereocenters. The number of likely N-dealkylation sites (tertiary alicyclic amines) is 1. The van der Waals surface area contributed by atoms with Crippen molar-refractivity contribution in [3.8, 4) is 11.6 Å². The number of methoxy groups -OCH3 is 1. The minimum Gasteiger partial charge on any atom is -0.497 e. The lowest BCUT2D eigenvalue weighted by Gasteiger charge is -2.36. The van der Waals surface area contributed by atoms with Gasteiger partial charge in [0.15, 0.2) is 5.69 Å². The van der Waals surface area contributed by atoms with Gasteiger partial charge in [-0.3, -0.25) is 19.1 Å². The van der Waals surface area contributed by atoms with E-state index in [4.69, 9.17) is 9.47 Å². The molecule has 0 radical (unpaired) electrons. The molecule has 0 unspecified atom stereocenters. The van der Waals surface area contributed by atoms with Gasteiger partial charge in [0.2, 0.25) is 34.1 Å². The third kappa shape index (κ3) is 8.93. The van der Waals surface area contributed by atoms with Crippen LogP contribution in [-0.4, -0.2) is 100 Å². The van der Waals surface area contributed by atoms with Gasteiger partial charge in [-0.05, 0) is 82.3 Å². The number of unbranched alkanes of at least 4 members (excludes halogenated alkanes) is 1. The summed E-state index contributed by atoms with van der Waals surface area (Å²) in [7, 11) is -2.76. The highest BCUT2D eigenvalue weighted by atomic mass is 32.2. The molecule has 332 valence electrons. The predicted molar refractivity (Wildman–Crippen MR) is 208 cm³/mol. The van der Waals surface area contributed by atoms with Gasteiger partial charge in [0.05, 0.1) is 28.8 Å². The van der Waals surface area contributed by atoms with Gasteiger partial charge in [0.25, 0.3) is 11.8 Å². The molecule has 4 fully saturated rings. The molecular formula is C40H54F4N6O9S. The Morgan fingerprint density at radius 3 is 2.33 bits per heavy atom. The van der Waals surface area contributed by atoms with E-state index in [0.29, 0.717) is 44.3 Å². The number of hydrogen-bond donors (Lipinski definition) is 4. The molecule has 1 aliphatic heterocycles. The van der Waals surface area contributed by atoms with Crippen LogP contribution in [0.2, 0.25) is 0 Å². The summed E-state index contributed by atoms with van der Waals surface area (Å²) < 4.78 is 95.5. The van der Waals surface area contributed by atoms with Gasteiger partial charge < -0.3 is 30.1 Å². The fourth-order valence-electron chi connectivity index (χ4n) is 8.11. The van der Waals surface area contributed by atoms with E-state index in [1.807, 2.05) is 4.72 Å². The number of benzene rings is 1. The molecule has 3 aliphatic carbocycles. The van der Waals surface area contributed by atoms with E-state index in [0.717, 1.165) is 0 Å². The van der Waals surface area contributed by atoms with Crippen LogP contribution >= 0.6 is 0 Å². The number of aromatic hydroxyl groups is 1. The van der Waals surface area contributed by atoms with Gasteiger partial charge >= 0.3 is 6.09 Å². The lowest BCUT2D eigenvalue weighted by Crippen LogP contribution is -2.61. The van der Waals surface area contributed by atoms with Gasteiger partial charge in [-0.2, -0.15) is 8.78 Å². The van der Waals surface area contributed by atoms with Crippen molar-refractivity contribution in [1.29, 1.82) is 0 Å². The lowest BCUT2D eigenvalue weighted by atomic mass is 9.85. The van der Waals surface area contributed by atoms with Gasteiger partial charge in [-0.15, -0.1) is 0 Å². The number of aromatic nitrogens is 2. The molecule has 1 saturated heterocycles. The van der Waals surface area contributed by atoms with Crippen molar-refractivity contribution < 1.29 is 59.7 Å². The normalized spacial score (nSPS) is 27.6. The van der Waals surface area contributed by atoms with Crippen molar-refractivity contribution in [3.05, 3.63) is 23.9 Å². The standard InChI is InChI=1S/C40H54F4N6O9S/c1-21-13-17-50(27(21)31(51)48-39(20-24(39)30(41)42)34(54)49-60(56,57)37(5)15-16-37)33(53)29(36(2,3)4)47-35(55)59-38(6)19-22(38)10-8-9-14-40(43,44)28-32(52)46-26-18-23(58-7)11-12-25(26)45-28/h11-12,18,21-22,24,27,29-30H,8-10,13-17,19-20H2,1-7H3,(H,46,52)(H,47,55)(H,48,51)(H,49,54)/t21-,22-,24+,27+,29-,38-,39-/m1/s1. The fourth-order valence-corrected chi connectivity index (χ4v) is 9.42. The summed E-state index contributed by atoms with van der Waals surface area (Å²) in [6.45, 7) is 9.97. The van der Waals surface area contributed by atoms with Crippen LogP contribution in [0.1, 0.15) is 105 Å². The number of halogens is 4. The summed E-state index contributed by atoms with van der Waals surface area (Å²) in [5.41, 5.74) is -4.47. The molecular weight excluding hydrogens is 817 g/mol. The molecule has 6 rings (SSSR count). The van der Waals surface area contributed by atoms with E-state index in [-0.39, 0.29) is 29.9 Å². The first-order valence-electron chi connectivity index (χ1n) is 20.2. The second-order valence-corrected chi connectivity index (χ2v) is 20.7. The largest absolute Gasteiger partial charge is 0.497 e. The van der Waals surface area contributed by atoms with Crippen molar-refractivity contribution in [2.45, 2.75) is 140 Å². The lowest BCUT2D eigenvalue weighted by molar-refractivity contribution is -0.143. The zero-order valence-corrected chi connectivity index (χ0v) is 35.6. The summed E-state index contributed by atoms with van der Waals surface area (Å²) in [5.74, 6) is -8.96. The average Bonchev–Trinajstić information content (AvgIpc) is 4.11. The van der Waals surface area contributed by atoms with E-state index in [9.17, 15) is 41.5 Å². The number of nitrogens with zero attached hydrogens (tertiary/aromatic N) is 3. The summed E-state index contributed by atoms with van der Waals surface area (Å²) in [5, 5.41) is 15.3. The number of fused-ring (bicyclic) bond motifs is 1. The zero-order chi connectivity index (χ0) is 44.4. The Bertz CT molecular complexity index is 2150. The molecule has 20 heteroatoms. The smallest absolute Gasteiger partial charge is 0.408 e. The number of alkyl carbamates (subject to hydrolysis) is 1. The highest BCUT2D eigenvalue weighted by molar-refractivity contribution is 7.91. The number of alkyl halides is 4. The van der Waals surface area contributed by atoms with Gasteiger partial charge in [-0.25, -0.2) is 32.0 Å². The Hall–Kier alpha value is -4.49. The quantitative estimate of drug-likeness (QED) is 0.126. The number of hydrogen-bond acceptors (Lipinski definition) is 11. The van der Waals surface area contributed by atoms with Crippen LogP contribution < -0.4 is 20.1 Å². The van der Waals surface area contributed by atoms with E-state index < -0.39 is 116 Å². The summed E-state index contributed by atoms with van der Waals surface area (Å²) >= 11 is 0. The highest BCUT2D eigenvalue weighted by Crippen LogP contribution is 2.51. The molecule has 1 aromatic heterocycles. The first-order chi connectivity index (χ1) is 27.8. The summed E-state index contributed by atoms with van der Waals surface area (Å²) in [6.07, 6.45) is -2.78. The van der Waals surface area contributed by atoms with E-state index in [1.165, 1.54) is 31.1 Å². The molecule has 4 amide bonds. The molecule has 15 nitrogen and oxygen atoms in total. The summed E-state index contributed by atoms with van der Waals surface area (Å²) in [4.78, 5) is 63.8. The first-order valence-corrected chi connectivity index (χ1v) is 21.7. The van der Waals surface area contributed by atoms with E-state index >= 15 is 8.78 Å². The average molecular weight is 871 g/mol. The molecule has 4 N–H and O–H groups in total. The maximum Gasteiger partial charge on any atom is 0.408 e. The molecule has 2 aromatic rings. The van der Waals surface area contributed by atoms with Crippen molar-refractivity contribution in [2.24, 2.45) is 23.2 Å². The Labute approximate surface area is 346 Å². The predicted octanol–water partition coefficient (Wildman–Crippen LogP) is 5.29.